The van der Waals surface area contributed by atoms with Gasteiger partial charge in [0.2, 0.25) is 0 Å². The van der Waals surface area contributed by atoms with Crippen LogP contribution in [-0.2, 0) is 16.8 Å². The lowest BCUT2D eigenvalue weighted by Gasteiger charge is -2.10. The van der Waals surface area contributed by atoms with Gasteiger partial charge >= 0.3 is 0 Å². The zero-order chi connectivity index (χ0) is 14.6. The zero-order valence-corrected chi connectivity index (χ0v) is 11.7. The molecular formula is C14H15FN2O2S. The van der Waals surface area contributed by atoms with E-state index in [0.717, 1.165) is 11.1 Å². The van der Waals surface area contributed by atoms with Crippen molar-refractivity contribution in [3.05, 3.63) is 65.5 Å². The molecule has 4 nitrogen and oxygen atoms in total. The second-order valence-electron chi connectivity index (χ2n) is 4.40. The number of benzene rings is 2. The number of hydrogen-bond acceptors (Lipinski definition) is 2. The Kier molecular flexibility index (Phi) is 4.36. The van der Waals surface area contributed by atoms with Gasteiger partial charge in [-0.15, -0.1) is 0 Å². The minimum absolute atomic E-state index is 0.0643. The fourth-order valence-electron chi connectivity index (χ4n) is 1.67. The van der Waals surface area contributed by atoms with E-state index in [1.54, 1.807) is 25.1 Å². The Morgan fingerprint density at radius 2 is 1.80 bits per heavy atom. The number of halogens is 1. The van der Waals surface area contributed by atoms with Crippen LogP contribution < -0.4 is 9.44 Å². The molecule has 2 aromatic rings. The van der Waals surface area contributed by atoms with Crippen molar-refractivity contribution in [2.45, 2.75) is 13.5 Å². The Bertz CT molecular complexity index is 688. The van der Waals surface area contributed by atoms with E-state index in [1.807, 2.05) is 18.2 Å². The second-order valence-corrected chi connectivity index (χ2v) is 5.90. The third kappa shape index (κ3) is 4.04. The summed E-state index contributed by atoms with van der Waals surface area (Å²) >= 11 is 0. The minimum Gasteiger partial charge on any atom is -0.268 e. The van der Waals surface area contributed by atoms with Crippen molar-refractivity contribution < 1.29 is 12.8 Å². The molecule has 0 atom stereocenters. The highest BCUT2D eigenvalue weighted by Gasteiger charge is 2.12. The SMILES string of the molecule is Cc1ccc(F)c(NS(=O)(=O)NCc2ccccc2)c1. The fourth-order valence-corrected chi connectivity index (χ4v) is 2.55. The number of nitrogens with one attached hydrogen (secondary N) is 2. The van der Waals surface area contributed by atoms with Gasteiger partial charge in [-0.25, -0.2) is 4.39 Å². The van der Waals surface area contributed by atoms with Crippen molar-refractivity contribution in [3.8, 4) is 0 Å². The normalized spacial score (nSPS) is 11.3. The van der Waals surface area contributed by atoms with Crippen molar-refractivity contribution in [1.29, 1.82) is 0 Å². The summed E-state index contributed by atoms with van der Waals surface area (Å²) < 4.78 is 41.8. The van der Waals surface area contributed by atoms with Crippen molar-refractivity contribution in [2.24, 2.45) is 0 Å². The maximum atomic E-state index is 13.5. The van der Waals surface area contributed by atoms with Gasteiger partial charge < -0.3 is 0 Å². The molecule has 2 rings (SSSR count). The van der Waals surface area contributed by atoms with Gasteiger partial charge in [0.25, 0.3) is 10.2 Å². The summed E-state index contributed by atoms with van der Waals surface area (Å²) in [6.45, 7) is 1.90. The molecule has 0 aliphatic rings. The summed E-state index contributed by atoms with van der Waals surface area (Å²) in [6.07, 6.45) is 0. The predicted octanol–water partition coefficient (Wildman–Crippen LogP) is 2.58. The largest absolute Gasteiger partial charge is 0.299 e. The fraction of sp³-hybridized carbons (Fsp3) is 0.143. The number of rotatable bonds is 5. The van der Waals surface area contributed by atoms with Gasteiger partial charge in [-0.05, 0) is 30.2 Å². The molecule has 0 saturated heterocycles. The van der Waals surface area contributed by atoms with E-state index in [9.17, 15) is 12.8 Å². The number of anilines is 1. The summed E-state index contributed by atoms with van der Waals surface area (Å²) in [5, 5.41) is 0. The Morgan fingerprint density at radius 1 is 1.10 bits per heavy atom. The third-order valence-corrected chi connectivity index (χ3v) is 3.69. The first kappa shape index (κ1) is 14.5. The van der Waals surface area contributed by atoms with E-state index in [1.165, 1.54) is 12.1 Å². The van der Waals surface area contributed by atoms with Crippen LogP contribution in [0, 0.1) is 12.7 Å². The first-order chi connectivity index (χ1) is 9.46. The Balaban J connectivity index is 2.06. The average Bonchev–Trinajstić information content (AvgIpc) is 2.42. The topological polar surface area (TPSA) is 58.2 Å². The van der Waals surface area contributed by atoms with E-state index in [4.69, 9.17) is 0 Å². The smallest absolute Gasteiger partial charge is 0.268 e. The highest BCUT2D eigenvalue weighted by molar-refractivity contribution is 7.90. The van der Waals surface area contributed by atoms with Gasteiger partial charge in [0.15, 0.2) is 0 Å². The first-order valence-corrected chi connectivity index (χ1v) is 7.52. The molecule has 0 heterocycles. The molecule has 0 aromatic heterocycles. The van der Waals surface area contributed by atoms with Gasteiger partial charge in [-0.3, -0.25) is 4.72 Å². The average molecular weight is 294 g/mol. The van der Waals surface area contributed by atoms with Gasteiger partial charge in [0.1, 0.15) is 5.82 Å². The number of hydrogen-bond donors (Lipinski definition) is 2. The maximum absolute atomic E-state index is 13.5. The second kappa shape index (κ2) is 6.02. The van der Waals surface area contributed by atoms with Crippen LogP contribution in [0.5, 0.6) is 0 Å². The first-order valence-electron chi connectivity index (χ1n) is 6.04. The summed E-state index contributed by atoms with van der Waals surface area (Å²) in [7, 11) is -3.81. The van der Waals surface area contributed by atoms with Crippen LogP contribution in [-0.4, -0.2) is 8.42 Å². The van der Waals surface area contributed by atoms with Crippen LogP contribution in [0.4, 0.5) is 10.1 Å². The lowest BCUT2D eigenvalue weighted by atomic mass is 10.2. The van der Waals surface area contributed by atoms with Crippen LogP contribution in [0.15, 0.2) is 48.5 Å². The van der Waals surface area contributed by atoms with E-state index in [0.29, 0.717) is 0 Å². The summed E-state index contributed by atoms with van der Waals surface area (Å²) in [4.78, 5) is 0. The molecular weight excluding hydrogens is 279 g/mol. The van der Waals surface area contributed by atoms with E-state index >= 15 is 0 Å². The lowest BCUT2D eigenvalue weighted by molar-refractivity contribution is 0.585. The number of aryl methyl sites for hydroxylation is 1. The molecule has 0 unspecified atom stereocenters. The van der Waals surface area contributed by atoms with Crippen molar-refractivity contribution in [3.63, 3.8) is 0 Å². The zero-order valence-electron chi connectivity index (χ0n) is 10.9. The lowest BCUT2D eigenvalue weighted by Crippen LogP contribution is -2.30. The summed E-state index contributed by atoms with van der Waals surface area (Å²) in [5.41, 5.74) is 1.53. The van der Waals surface area contributed by atoms with Crippen LogP contribution in [0.25, 0.3) is 0 Å². The molecule has 6 heteroatoms. The Hall–Kier alpha value is -1.92. The van der Waals surface area contributed by atoms with Crippen LogP contribution in [0.2, 0.25) is 0 Å². The van der Waals surface area contributed by atoms with E-state index < -0.39 is 16.0 Å². The Labute approximate surface area is 117 Å². The molecule has 2 aromatic carbocycles. The molecule has 0 aliphatic heterocycles. The molecule has 2 N–H and O–H groups in total. The van der Waals surface area contributed by atoms with Gasteiger partial charge in [-0.2, -0.15) is 13.1 Å². The molecule has 20 heavy (non-hydrogen) atoms. The van der Waals surface area contributed by atoms with Gasteiger partial charge in [-0.1, -0.05) is 36.4 Å². The molecule has 0 spiro atoms. The standard InChI is InChI=1S/C14H15FN2O2S/c1-11-7-8-13(15)14(9-11)17-20(18,19)16-10-12-5-3-2-4-6-12/h2-9,16-17H,10H2,1H3. The van der Waals surface area contributed by atoms with Crippen LogP contribution in [0.3, 0.4) is 0 Å². The van der Waals surface area contributed by atoms with Crippen molar-refractivity contribution >= 4 is 15.9 Å². The van der Waals surface area contributed by atoms with Gasteiger partial charge in [0, 0.05) is 6.54 Å². The summed E-state index contributed by atoms with van der Waals surface area (Å²) in [5.74, 6) is -0.610. The van der Waals surface area contributed by atoms with E-state index in [-0.39, 0.29) is 12.2 Å². The molecule has 0 amide bonds. The molecule has 106 valence electrons. The molecule has 0 fully saturated rings. The molecule has 0 bridgehead atoms. The quantitative estimate of drug-likeness (QED) is 0.890. The molecule has 0 saturated carbocycles. The third-order valence-electron chi connectivity index (χ3n) is 2.68. The maximum Gasteiger partial charge on any atom is 0.299 e. The van der Waals surface area contributed by atoms with Crippen molar-refractivity contribution in [1.82, 2.24) is 4.72 Å². The van der Waals surface area contributed by atoms with Crippen molar-refractivity contribution in [2.75, 3.05) is 4.72 Å². The minimum atomic E-state index is -3.81. The monoisotopic (exact) mass is 294 g/mol. The van der Waals surface area contributed by atoms with Crippen LogP contribution in [0.1, 0.15) is 11.1 Å². The summed E-state index contributed by atoms with van der Waals surface area (Å²) in [6, 6.07) is 13.3. The van der Waals surface area contributed by atoms with Crippen LogP contribution >= 0.6 is 0 Å². The highest BCUT2D eigenvalue weighted by Crippen LogP contribution is 2.16. The molecule has 0 radical (unpaired) electrons. The molecule has 0 aliphatic carbocycles. The van der Waals surface area contributed by atoms with E-state index in [2.05, 4.69) is 9.44 Å². The Morgan fingerprint density at radius 3 is 2.50 bits per heavy atom. The predicted molar refractivity (Wildman–Crippen MR) is 77.0 cm³/mol. The van der Waals surface area contributed by atoms with Gasteiger partial charge in [0.05, 0.1) is 5.69 Å². The highest BCUT2D eigenvalue weighted by atomic mass is 32.2.